The molecule has 0 saturated heterocycles. The summed E-state index contributed by atoms with van der Waals surface area (Å²) in [5.74, 6) is -1.06. The predicted molar refractivity (Wildman–Crippen MR) is 97.8 cm³/mol. The van der Waals surface area contributed by atoms with Crippen LogP contribution in [0.4, 0.5) is 4.79 Å². The van der Waals surface area contributed by atoms with Crippen molar-refractivity contribution in [3.8, 4) is 0 Å². The number of rotatable bonds is 9. The molecule has 1 aliphatic rings. The number of alkyl carbamates (subject to hydrolysis) is 1. The van der Waals surface area contributed by atoms with Crippen molar-refractivity contribution in [2.24, 2.45) is 10.9 Å². The molecule has 0 fully saturated rings. The number of carbonyl (C=O) groups excluding carboxylic acids is 3. The smallest absolute Gasteiger partial charge is 0.408 e. The first kappa shape index (κ1) is 20.5. The summed E-state index contributed by atoms with van der Waals surface area (Å²) in [7, 11) is 0. The van der Waals surface area contributed by atoms with Gasteiger partial charge in [-0.15, -0.1) is 0 Å². The maximum Gasteiger partial charge on any atom is 0.408 e. The summed E-state index contributed by atoms with van der Waals surface area (Å²) in [4.78, 5) is 40.2. The second-order valence-corrected chi connectivity index (χ2v) is 6.34. The molecule has 1 aliphatic heterocycles. The standard InChI is InChI=1S/C17H21ClN4O5/c18-14-8-12(27-22-14)9-20-15(23)7-6-13(16(19)24)21-17(25)26-10-11-4-2-1-3-5-11/h1-5,12-13H,6-10H2,(H2,19,24)(H,20,23)(H,21,25)/t12?,13-/m0/s1. The Kier molecular flexibility index (Phi) is 7.87. The van der Waals surface area contributed by atoms with Gasteiger partial charge in [-0.1, -0.05) is 47.1 Å². The van der Waals surface area contributed by atoms with Crippen LogP contribution in [0.5, 0.6) is 0 Å². The minimum atomic E-state index is -1.01. The van der Waals surface area contributed by atoms with Crippen molar-refractivity contribution >= 4 is 34.7 Å². The van der Waals surface area contributed by atoms with Crippen molar-refractivity contribution < 1.29 is 24.0 Å². The van der Waals surface area contributed by atoms with Crippen molar-refractivity contribution in [3.05, 3.63) is 35.9 Å². The Morgan fingerprint density at radius 1 is 1.33 bits per heavy atom. The number of ether oxygens (including phenoxy) is 1. The Hall–Kier alpha value is -2.81. The zero-order valence-corrected chi connectivity index (χ0v) is 15.3. The largest absolute Gasteiger partial charge is 0.445 e. The average Bonchev–Trinajstić information content (AvgIpc) is 3.07. The zero-order valence-electron chi connectivity index (χ0n) is 14.5. The van der Waals surface area contributed by atoms with Crippen LogP contribution in [-0.2, 0) is 25.8 Å². The van der Waals surface area contributed by atoms with Crippen LogP contribution in [-0.4, -0.2) is 41.8 Å². The van der Waals surface area contributed by atoms with Crippen LogP contribution in [0.1, 0.15) is 24.8 Å². The van der Waals surface area contributed by atoms with Gasteiger partial charge >= 0.3 is 6.09 Å². The Morgan fingerprint density at radius 2 is 2.07 bits per heavy atom. The maximum atomic E-state index is 11.9. The first-order valence-electron chi connectivity index (χ1n) is 8.35. The molecule has 1 aromatic rings. The Morgan fingerprint density at radius 3 is 2.70 bits per heavy atom. The van der Waals surface area contributed by atoms with Gasteiger partial charge in [-0.05, 0) is 12.0 Å². The molecule has 146 valence electrons. The fourth-order valence-electron chi connectivity index (χ4n) is 2.29. The van der Waals surface area contributed by atoms with E-state index in [4.69, 9.17) is 26.9 Å². The van der Waals surface area contributed by atoms with Gasteiger partial charge in [0.1, 0.15) is 17.8 Å². The lowest BCUT2D eigenvalue weighted by molar-refractivity contribution is -0.122. The molecule has 0 aromatic heterocycles. The van der Waals surface area contributed by atoms with E-state index in [1.165, 1.54) is 0 Å². The van der Waals surface area contributed by atoms with Crippen LogP contribution in [0, 0.1) is 0 Å². The number of carbonyl (C=O) groups is 3. The quantitative estimate of drug-likeness (QED) is 0.573. The van der Waals surface area contributed by atoms with Crippen molar-refractivity contribution in [1.82, 2.24) is 10.6 Å². The molecule has 0 bridgehead atoms. The minimum Gasteiger partial charge on any atom is -0.445 e. The lowest BCUT2D eigenvalue weighted by atomic mass is 10.1. The lowest BCUT2D eigenvalue weighted by Crippen LogP contribution is -2.45. The molecule has 1 aromatic carbocycles. The fraction of sp³-hybridized carbons (Fsp3) is 0.412. The topological polar surface area (TPSA) is 132 Å². The van der Waals surface area contributed by atoms with Gasteiger partial charge in [0.25, 0.3) is 0 Å². The summed E-state index contributed by atoms with van der Waals surface area (Å²) in [6.45, 7) is 0.303. The van der Waals surface area contributed by atoms with Gasteiger partial charge in [0.2, 0.25) is 11.8 Å². The highest BCUT2D eigenvalue weighted by Gasteiger charge is 2.22. The monoisotopic (exact) mass is 396 g/mol. The van der Waals surface area contributed by atoms with E-state index in [-0.39, 0.29) is 38.0 Å². The Balaban J connectivity index is 1.68. The van der Waals surface area contributed by atoms with Crippen LogP contribution >= 0.6 is 11.6 Å². The zero-order chi connectivity index (χ0) is 19.6. The summed E-state index contributed by atoms with van der Waals surface area (Å²) in [6, 6.07) is 8.07. The van der Waals surface area contributed by atoms with Crippen molar-refractivity contribution in [2.45, 2.75) is 38.0 Å². The first-order valence-corrected chi connectivity index (χ1v) is 8.73. The summed E-state index contributed by atoms with van der Waals surface area (Å²) in [5.41, 5.74) is 6.08. The number of benzene rings is 1. The van der Waals surface area contributed by atoms with E-state index in [0.717, 1.165) is 5.56 Å². The number of oxime groups is 1. The number of nitrogens with one attached hydrogen (secondary N) is 2. The van der Waals surface area contributed by atoms with Gasteiger partial charge in [-0.3, -0.25) is 9.59 Å². The van der Waals surface area contributed by atoms with Gasteiger partial charge in [0.05, 0.1) is 6.54 Å². The van der Waals surface area contributed by atoms with E-state index < -0.39 is 18.0 Å². The normalized spacial score (nSPS) is 16.6. The van der Waals surface area contributed by atoms with E-state index in [2.05, 4.69) is 15.8 Å². The van der Waals surface area contributed by atoms with Crippen molar-refractivity contribution in [1.29, 1.82) is 0 Å². The van der Waals surface area contributed by atoms with Gasteiger partial charge in [0.15, 0.2) is 6.10 Å². The van der Waals surface area contributed by atoms with E-state index in [0.29, 0.717) is 11.6 Å². The minimum absolute atomic E-state index is 0.00607. The summed E-state index contributed by atoms with van der Waals surface area (Å²) < 4.78 is 5.04. The molecule has 0 radical (unpaired) electrons. The third-order valence-electron chi connectivity index (χ3n) is 3.73. The van der Waals surface area contributed by atoms with Gasteiger partial charge in [0, 0.05) is 12.8 Å². The second kappa shape index (κ2) is 10.4. The number of hydrogen-bond acceptors (Lipinski definition) is 6. The van der Waals surface area contributed by atoms with E-state index in [1.807, 2.05) is 18.2 Å². The van der Waals surface area contributed by atoms with Crippen LogP contribution < -0.4 is 16.4 Å². The molecule has 2 rings (SSSR count). The first-order chi connectivity index (χ1) is 12.9. The molecular formula is C17H21ClN4O5. The van der Waals surface area contributed by atoms with E-state index >= 15 is 0 Å². The van der Waals surface area contributed by atoms with Gasteiger partial charge in [-0.2, -0.15) is 0 Å². The van der Waals surface area contributed by atoms with Crippen LogP contribution in [0.3, 0.4) is 0 Å². The van der Waals surface area contributed by atoms with Crippen molar-refractivity contribution in [3.63, 3.8) is 0 Å². The summed E-state index contributed by atoms with van der Waals surface area (Å²) in [6.07, 6.45) is -0.618. The number of hydrogen-bond donors (Lipinski definition) is 3. The molecule has 0 spiro atoms. The summed E-state index contributed by atoms with van der Waals surface area (Å²) in [5, 5.41) is 8.94. The molecule has 1 heterocycles. The fourth-order valence-corrected chi connectivity index (χ4v) is 2.50. The van der Waals surface area contributed by atoms with Crippen LogP contribution in [0.2, 0.25) is 0 Å². The number of amides is 3. The second-order valence-electron chi connectivity index (χ2n) is 5.90. The molecule has 3 amide bonds. The van der Waals surface area contributed by atoms with Crippen molar-refractivity contribution in [2.75, 3.05) is 6.54 Å². The molecule has 10 heteroatoms. The third kappa shape index (κ3) is 7.53. The van der Waals surface area contributed by atoms with Gasteiger partial charge in [-0.25, -0.2) is 4.79 Å². The van der Waals surface area contributed by atoms with E-state index in [1.54, 1.807) is 12.1 Å². The molecule has 0 saturated carbocycles. The Bertz CT molecular complexity index is 698. The number of nitrogens with zero attached hydrogens (tertiary/aromatic N) is 1. The molecule has 2 atom stereocenters. The summed E-state index contributed by atoms with van der Waals surface area (Å²) >= 11 is 5.68. The number of primary amides is 1. The highest BCUT2D eigenvalue weighted by atomic mass is 35.5. The number of halogens is 1. The molecule has 1 unspecified atom stereocenters. The molecule has 4 N–H and O–H groups in total. The van der Waals surface area contributed by atoms with Crippen LogP contribution in [0.25, 0.3) is 0 Å². The predicted octanol–water partition coefficient (Wildman–Crippen LogP) is 1.00. The van der Waals surface area contributed by atoms with Crippen LogP contribution in [0.15, 0.2) is 35.5 Å². The molecule has 27 heavy (non-hydrogen) atoms. The molecule has 9 nitrogen and oxygen atoms in total. The number of nitrogens with two attached hydrogens (primary N) is 1. The highest BCUT2D eigenvalue weighted by Crippen LogP contribution is 2.11. The highest BCUT2D eigenvalue weighted by molar-refractivity contribution is 6.65. The van der Waals surface area contributed by atoms with E-state index in [9.17, 15) is 14.4 Å². The van der Waals surface area contributed by atoms with Gasteiger partial charge < -0.3 is 25.9 Å². The average molecular weight is 397 g/mol. The Labute approximate surface area is 161 Å². The maximum absolute atomic E-state index is 11.9. The molecular weight excluding hydrogens is 376 g/mol. The SMILES string of the molecule is NC(=O)[C@H](CCC(=O)NCC1CC(Cl)=NO1)NC(=O)OCc1ccccc1. The lowest BCUT2D eigenvalue weighted by Gasteiger charge is -2.16. The third-order valence-corrected chi connectivity index (χ3v) is 3.96. The molecule has 0 aliphatic carbocycles.